The molecule has 1 aliphatic rings. The lowest BCUT2D eigenvalue weighted by atomic mass is 9.98. The van der Waals surface area contributed by atoms with E-state index in [2.05, 4.69) is 18.3 Å². The topological polar surface area (TPSA) is 35.8 Å². The van der Waals surface area contributed by atoms with Crippen LogP contribution in [0.5, 0.6) is 0 Å². The van der Waals surface area contributed by atoms with Gasteiger partial charge in [0.25, 0.3) is 0 Å². The predicted molar refractivity (Wildman–Crippen MR) is 76.9 cm³/mol. The molecule has 0 heterocycles. The maximum absolute atomic E-state index is 9.49. The molecule has 0 aromatic heterocycles. The van der Waals surface area contributed by atoms with E-state index in [0.717, 1.165) is 22.2 Å². The monoisotopic (exact) mass is 280 g/mol. The highest BCUT2D eigenvalue weighted by molar-refractivity contribution is 7.99. The zero-order valence-electron chi connectivity index (χ0n) is 10.4. The average molecular weight is 281 g/mol. The van der Waals surface area contributed by atoms with Gasteiger partial charge >= 0.3 is 0 Å². The first kappa shape index (κ1) is 13.7. The molecule has 0 spiro atoms. The van der Waals surface area contributed by atoms with E-state index in [-0.39, 0.29) is 5.54 Å². The molecule has 1 aromatic carbocycles. The Balaban J connectivity index is 2.01. The molecule has 0 amide bonds. The molecule has 1 N–H and O–H groups in total. The fraction of sp³-hybridized carbons (Fsp3) is 0.500. The van der Waals surface area contributed by atoms with Crippen LogP contribution in [0, 0.1) is 17.2 Å². The second kappa shape index (κ2) is 5.97. The average Bonchev–Trinajstić information content (AvgIpc) is 3.21. The Kier molecular flexibility index (Phi) is 4.55. The maximum Gasteiger partial charge on any atom is 0.119 e. The molecule has 18 heavy (non-hydrogen) atoms. The van der Waals surface area contributed by atoms with Gasteiger partial charge in [-0.15, -0.1) is 11.8 Å². The molecule has 4 heteroatoms. The van der Waals surface area contributed by atoms with Gasteiger partial charge in [-0.25, -0.2) is 0 Å². The van der Waals surface area contributed by atoms with Gasteiger partial charge in [-0.1, -0.05) is 18.5 Å². The zero-order chi connectivity index (χ0) is 13.0. The smallest absolute Gasteiger partial charge is 0.119 e. The van der Waals surface area contributed by atoms with Crippen molar-refractivity contribution in [2.24, 2.45) is 5.92 Å². The van der Waals surface area contributed by atoms with Crippen molar-refractivity contribution < 1.29 is 0 Å². The van der Waals surface area contributed by atoms with Crippen molar-refractivity contribution >= 4 is 23.4 Å². The number of nitrogens with zero attached hydrogens (tertiary/aromatic N) is 1. The lowest BCUT2D eigenvalue weighted by Crippen LogP contribution is -2.48. The van der Waals surface area contributed by atoms with Crippen molar-refractivity contribution in [3.05, 3.63) is 29.3 Å². The van der Waals surface area contributed by atoms with E-state index in [0.29, 0.717) is 5.92 Å². The van der Waals surface area contributed by atoms with Crippen LogP contribution in [0.4, 0.5) is 0 Å². The first-order valence-electron chi connectivity index (χ1n) is 6.25. The molecule has 1 aromatic rings. The third-order valence-corrected chi connectivity index (χ3v) is 4.70. The molecular formula is C14H17ClN2S. The number of benzene rings is 1. The Morgan fingerprint density at radius 3 is 2.61 bits per heavy atom. The van der Waals surface area contributed by atoms with E-state index in [4.69, 9.17) is 11.6 Å². The van der Waals surface area contributed by atoms with Crippen LogP contribution >= 0.6 is 23.4 Å². The minimum Gasteiger partial charge on any atom is -0.299 e. The molecular weight excluding hydrogens is 264 g/mol. The van der Waals surface area contributed by atoms with Gasteiger partial charge < -0.3 is 0 Å². The molecule has 1 atom stereocenters. The molecule has 0 radical (unpaired) electrons. The number of hydrogen-bond donors (Lipinski definition) is 1. The van der Waals surface area contributed by atoms with Crippen molar-refractivity contribution in [3.63, 3.8) is 0 Å². The highest BCUT2D eigenvalue weighted by atomic mass is 35.5. The molecule has 2 rings (SSSR count). The van der Waals surface area contributed by atoms with E-state index >= 15 is 0 Å². The Morgan fingerprint density at radius 1 is 1.44 bits per heavy atom. The second-order valence-electron chi connectivity index (χ2n) is 4.63. The standard InChI is InChI=1S/C14H17ClN2S/c1-2-17-14(9-16,11-3-4-11)10-18-13-7-5-12(15)6-8-13/h5-8,11,17H,2-4,10H2,1H3. The molecule has 2 nitrogen and oxygen atoms in total. The van der Waals surface area contributed by atoms with Gasteiger partial charge in [0.05, 0.1) is 6.07 Å². The number of thioether (sulfide) groups is 1. The summed E-state index contributed by atoms with van der Waals surface area (Å²) in [6, 6.07) is 10.3. The van der Waals surface area contributed by atoms with Gasteiger partial charge in [-0.3, -0.25) is 5.32 Å². The SMILES string of the molecule is CCNC(C#N)(CSc1ccc(Cl)cc1)C1CC1. The summed E-state index contributed by atoms with van der Waals surface area (Å²) in [4.78, 5) is 1.16. The number of halogens is 1. The van der Waals surface area contributed by atoms with Gasteiger partial charge in [0.2, 0.25) is 0 Å². The fourth-order valence-corrected chi connectivity index (χ4v) is 3.35. The summed E-state index contributed by atoms with van der Waals surface area (Å²) >= 11 is 7.59. The molecule has 1 saturated carbocycles. The quantitative estimate of drug-likeness (QED) is 0.807. The van der Waals surface area contributed by atoms with E-state index < -0.39 is 0 Å². The van der Waals surface area contributed by atoms with E-state index in [1.807, 2.05) is 24.3 Å². The molecule has 0 saturated heterocycles. The molecule has 1 aliphatic carbocycles. The van der Waals surface area contributed by atoms with Crippen LogP contribution in [0.3, 0.4) is 0 Å². The summed E-state index contributed by atoms with van der Waals surface area (Å²) < 4.78 is 0. The maximum atomic E-state index is 9.49. The molecule has 1 unspecified atom stereocenters. The lowest BCUT2D eigenvalue weighted by Gasteiger charge is -2.27. The predicted octanol–water partition coefficient (Wildman–Crippen LogP) is 3.71. The van der Waals surface area contributed by atoms with Crippen molar-refractivity contribution in [1.29, 1.82) is 5.26 Å². The molecule has 0 aliphatic heterocycles. The van der Waals surface area contributed by atoms with E-state index in [1.165, 1.54) is 12.8 Å². The van der Waals surface area contributed by atoms with Crippen LogP contribution in [0.25, 0.3) is 0 Å². The van der Waals surface area contributed by atoms with Crippen LogP contribution in [0.1, 0.15) is 19.8 Å². The minimum absolute atomic E-state index is 0.362. The third kappa shape index (κ3) is 3.20. The van der Waals surface area contributed by atoms with Crippen molar-refractivity contribution in [2.75, 3.05) is 12.3 Å². The number of nitrogens with one attached hydrogen (secondary N) is 1. The van der Waals surface area contributed by atoms with Crippen LogP contribution in [-0.4, -0.2) is 17.8 Å². The van der Waals surface area contributed by atoms with Gasteiger partial charge in [0.1, 0.15) is 5.54 Å². The van der Waals surface area contributed by atoms with Gasteiger partial charge in [-0.2, -0.15) is 5.26 Å². The largest absolute Gasteiger partial charge is 0.299 e. The number of rotatable bonds is 6. The molecule has 0 bridgehead atoms. The summed E-state index contributed by atoms with van der Waals surface area (Å²) in [5.74, 6) is 1.31. The molecule has 1 fully saturated rings. The van der Waals surface area contributed by atoms with Crippen LogP contribution in [-0.2, 0) is 0 Å². The Hall–Kier alpha value is -0.690. The van der Waals surface area contributed by atoms with Crippen LogP contribution in [0.15, 0.2) is 29.2 Å². The van der Waals surface area contributed by atoms with Gasteiger partial charge in [0, 0.05) is 15.7 Å². The molecule has 96 valence electrons. The summed E-state index contributed by atoms with van der Waals surface area (Å²) in [5.41, 5.74) is -0.362. The van der Waals surface area contributed by atoms with Crippen LogP contribution < -0.4 is 5.32 Å². The second-order valence-corrected chi connectivity index (χ2v) is 6.12. The van der Waals surface area contributed by atoms with Crippen molar-refractivity contribution in [1.82, 2.24) is 5.32 Å². The summed E-state index contributed by atoms with van der Waals surface area (Å²) in [5, 5.41) is 13.6. The van der Waals surface area contributed by atoms with Crippen molar-refractivity contribution in [2.45, 2.75) is 30.2 Å². The van der Waals surface area contributed by atoms with E-state index in [9.17, 15) is 5.26 Å². The summed E-state index contributed by atoms with van der Waals surface area (Å²) in [6.07, 6.45) is 2.34. The third-order valence-electron chi connectivity index (χ3n) is 3.25. The van der Waals surface area contributed by atoms with E-state index in [1.54, 1.807) is 11.8 Å². The zero-order valence-corrected chi connectivity index (χ0v) is 12.0. The van der Waals surface area contributed by atoms with Crippen molar-refractivity contribution in [3.8, 4) is 6.07 Å². The number of hydrogen-bond acceptors (Lipinski definition) is 3. The Bertz CT molecular complexity index is 436. The lowest BCUT2D eigenvalue weighted by molar-refractivity contribution is 0.416. The minimum atomic E-state index is -0.362. The highest BCUT2D eigenvalue weighted by Crippen LogP contribution is 2.42. The Morgan fingerprint density at radius 2 is 2.11 bits per heavy atom. The summed E-state index contributed by atoms with van der Waals surface area (Å²) in [7, 11) is 0. The first-order chi connectivity index (χ1) is 8.70. The van der Waals surface area contributed by atoms with Crippen LogP contribution in [0.2, 0.25) is 5.02 Å². The number of nitriles is 1. The van der Waals surface area contributed by atoms with Gasteiger partial charge in [-0.05, 0) is 49.6 Å². The highest BCUT2D eigenvalue weighted by Gasteiger charge is 2.45. The Labute approximate surface area is 118 Å². The normalized spacial score (nSPS) is 18.1. The fourth-order valence-electron chi connectivity index (χ4n) is 2.10. The van der Waals surface area contributed by atoms with Gasteiger partial charge in [0.15, 0.2) is 0 Å². The first-order valence-corrected chi connectivity index (χ1v) is 7.61. The summed E-state index contributed by atoms with van der Waals surface area (Å²) in [6.45, 7) is 2.90.